The minimum absolute atomic E-state index is 0. The fraction of sp³-hybridized carbons (Fsp3) is 0.471. The number of carbonyl (C=O) groups is 2. The molecule has 0 N–H and O–H groups in total. The zero-order chi connectivity index (χ0) is 19.3. The van der Waals surface area contributed by atoms with Crippen LogP contribution in [0, 0.1) is 19.9 Å². The van der Waals surface area contributed by atoms with Crippen LogP contribution in [0.1, 0.15) is 48.5 Å². The summed E-state index contributed by atoms with van der Waals surface area (Å²) < 4.78 is 11.4. The van der Waals surface area contributed by atoms with Crippen molar-refractivity contribution < 1.29 is 51.8 Å². The van der Waals surface area contributed by atoms with Gasteiger partial charge in [-0.15, -0.1) is 4.80 Å². The van der Waals surface area contributed by atoms with Gasteiger partial charge in [-0.1, -0.05) is 24.5 Å². The first kappa shape index (κ1) is 23.2. The molecule has 0 aliphatic heterocycles. The maximum atomic E-state index is 12.5. The van der Waals surface area contributed by atoms with Crippen molar-refractivity contribution in [3.63, 3.8) is 0 Å². The molecule has 0 aliphatic rings. The van der Waals surface area contributed by atoms with Crippen molar-refractivity contribution >= 4 is 12.1 Å². The fourth-order valence-corrected chi connectivity index (χ4v) is 2.37. The van der Waals surface area contributed by atoms with Crippen LogP contribution in [-0.2, 0) is 48.7 Å². The summed E-state index contributed by atoms with van der Waals surface area (Å²) in [6, 6.07) is 6.60. The van der Waals surface area contributed by atoms with Crippen molar-refractivity contribution in [3.8, 4) is 0 Å². The number of benzene rings is 1. The molecular weight excluding hydrogens is 427 g/mol. The van der Waals surface area contributed by atoms with Gasteiger partial charge in [0.1, 0.15) is 0 Å². The minimum atomic E-state index is -0.807. The second-order valence-electron chi connectivity index (χ2n) is 5.52. The van der Waals surface area contributed by atoms with E-state index >= 15 is 0 Å². The standard InChI is InChI=1S/C17H22N5O4.Y/c1-6-21-16(18-15(23)14-9-8-11(3)10-12(14)4)19-20-22(21)13(5)26-17(24)25-7-2;/h8-9,13H,6-7H2,1-5H3;/q-1;. The number of nitrogens with zero attached hydrogens (tertiary/aromatic N) is 5. The third-order valence-electron chi connectivity index (χ3n) is 3.58. The molecule has 1 aromatic carbocycles. The second-order valence-corrected chi connectivity index (χ2v) is 5.52. The van der Waals surface area contributed by atoms with E-state index in [9.17, 15) is 9.59 Å². The maximum absolute atomic E-state index is 12.5. The van der Waals surface area contributed by atoms with Crippen LogP contribution in [0.3, 0.4) is 0 Å². The van der Waals surface area contributed by atoms with Crippen LogP contribution in [0.25, 0.3) is 0 Å². The second kappa shape index (κ2) is 10.5. The predicted molar refractivity (Wildman–Crippen MR) is 91.1 cm³/mol. The number of amides is 1. The van der Waals surface area contributed by atoms with E-state index in [0.717, 1.165) is 5.56 Å². The van der Waals surface area contributed by atoms with Gasteiger partial charge in [0.2, 0.25) is 12.1 Å². The van der Waals surface area contributed by atoms with Gasteiger partial charge in [-0.25, -0.2) is 9.48 Å². The number of aromatic nitrogens is 4. The molecule has 2 rings (SSSR count). The van der Waals surface area contributed by atoms with E-state index in [4.69, 9.17) is 9.47 Å². The van der Waals surface area contributed by atoms with E-state index in [1.54, 1.807) is 32.9 Å². The van der Waals surface area contributed by atoms with Gasteiger partial charge in [-0.3, -0.25) is 4.79 Å². The van der Waals surface area contributed by atoms with Crippen molar-refractivity contribution in [1.82, 2.24) is 19.8 Å². The molecule has 1 aromatic heterocycles. The molecule has 2 aromatic rings. The third-order valence-corrected chi connectivity index (χ3v) is 3.58. The van der Waals surface area contributed by atoms with E-state index in [1.807, 2.05) is 13.8 Å². The number of hydrogen-bond donors (Lipinski definition) is 0. The molecule has 0 fully saturated rings. The van der Waals surface area contributed by atoms with Gasteiger partial charge < -0.3 is 9.47 Å². The Hall–Kier alpha value is -1.87. The molecule has 1 unspecified atom stereocenters. The molecule has 0 saturated heterocycles. The van der Waals surface area contributed by atoms with Gasteiger partial charge in [-0.2, -0.15) is 34.3 Å². The molecule has 1 heterocycles. The Morgan fingerprint density at radius 3 is 2.59 bits per heavy atom. The van der Waals surface area contributed by atoms with E-state index in [-0.39, 0.29) is 44.9 Å². The van der Waals surface area contributed by atoms with Gasteiger partial charge in [0.05, 0.1) is 6.61 Å². The Bertz CT molecular complexity index is 874. The summed E-state index contributed by atoms with van der Waals surface area (Å²) in [5.74, 6) is -0.438. The number of rotatable bonds is 5. The van der Waals surface area contributed by atoms with Gasteiger partial charge in [0.25, 0.3) is 5.62 Å². The summed E-state index contributed by atoms with van der Waals surface area (Å²) in [4.78, 5) is 29.3. The largest absolute Gasteiger partial charge is 0.510 e. The molecule has 1 radical (unpaired) electrons. The summed E-state index contributed by atoms with van der Waals surface area (Å²) in [6.45, 7) is 9.47. The van der Waals surface area contributed by atoms with Crippen LogP contribution in [0.4, 0.5) is 4.79 Å². The molecule has 0 bridgehead atoms. The van der Waals surface area contributed by atoms with Crippen LogP contribution in [0.2, 0.25) is 0 Å². The molecule has 0 spiro atoms. The normalized spacial score (nSPS) is 12.3. The van der Waals surface area contributed by atoms with E-state index in [1.165, 1.54) is 9.48 Å². The quantitative estimate of drug-likeness (QED) is 0.511. The molecule has 0 aliphatic carbocycles. The summed E-state index contributed by atoms with van der Waals surface area (Å²) in [5.41, 5.74) is 2.23. The molecule has 9 nitrogen and oxygen atoms in total. The minimum Gasteiger partial charge on any atom is -0.435 e. The van der Waals surface area contributed by atoms with Gasteiger partial charge >= 0.3 is 6.16 Å². The average molecular weight is 449 g/mol. The Labute approximate surface area is 182 Å². The number of tetrazole rings is 1. The molecule has 1 amide bonds. The zero-order valence-corrected chi connectivity index (χ0v) is 18.9. The fourth-order valence-electron chi connectivity index (χ4n) is 2.37. The first-order valence-electron chi connectivity index (χ1n) is 8.31. The van der Waals surface area contributed by atoms with E-state index in [2.05, 4.69) is 21.4 Å². The van der Waals surface area contributed by atoms with Crippen LogP contribution in [0.15, 0.2) is 17.1 Å². The SMILES string of the molecule is CCOC(=O)OC(C)n1nnc(=NC(=O)c2ccc(C)[c-]c2C)n1CC.[Y]. The smallest absolute Gasteiger partial charge is 0.435 e. The first-order valence-corrected chi connectivity index (χ1v) is 8.31. The average Bonchev–Trinajstić information content (AvgIpc) is 2.97. The molecule has 10 heteroatoms. The van der Waals surface area contributed by atoms with Crippen molar-refractivity contribution in [1.29, 1.82) is 0 Å². The number of aryl methyl sites for hydroxylation is 2. The monoisotopic (exact) mass is 449 g/mol. The predicted octanol–water partition coefficient (Wildman–Crippen LogP) is 1.95. The van der Waals surface area contributed by atoms with E-state index < -0.39 is 18.3 Å². The van der Waals surface area contributed by atoms with Gasteiger partial charge in [0, 0.05) is 39.3 Å². The van der Waals surface area contributed by atoms with Crippen molar-refractivity contribution in [2.75, 3.05) is 6.61 Å². The molecular formula is C17H22N5O4Y-. The number of carbonyl (C=O) groups excluding carboxylic acids is 2. The van der Waals surface area contributed by atoms with Crippen molar-refractivity contribution in [2.24, 2.45) is 4.99 Å². The van der Waals surface area contributed by atoms with Crippen molar-refractivity contribution in [2.45, 2.75) is 47.4 Å². The molecule has 0 saturated carbocycles. The van der Waals surface area contributed by atoms with Crippen LogP contribution < -0.4 is 5.62 Å². The topological polar surface area (TPSA) is 101 Å². The molecule has 27 heavy (non-hydrogen) atoms. The van der Waals surface area contributed by atoms with Crippen LogP contribution in [0.5, 0.6) is 0 Å². The molecule has 143 valence electrons. The Kier molecular flexibility index (Phi) is 8.98. The summed E-state index contributed by atoms with van der Waals surface area (Å²) in [6.07, 6.45) is -1.58. The first-order chi connectivity index (χ1) is 12.4. The Balaban J connectivity index is 0.00000364. The Morgan fingerprint density at radius 1 is 1.30 bits per heavy atom. The van der Waals surface area contributed by atoms with Gasteiger partial charge in [-0.05, 0) is 26.0 Å². The maximum Gasteiger partial charge on any atom is 0.510 e. The van der Waals surface area contributed by atoms with Gasteiger partial charge in [0.15, 0.2) is 0 Å². The summed E-state index contributed by atoms with van der Waals surface area (Å²) in [5, 5.41) is 7.85. The van der Waals surface area contributed by atoms with Crippen molar-refractivity contribution in [3.05, 3.63) is 40.5 Å². The molecule has 1 atom stereocenters. The van der Waals surface area contributed by atoms with E-state index in [0.29, 0.717) is 17.7 Å². The van der Waals surface area contributed by atoms with Crippen LogP contribution >= 0.6 is 0 Å². The zero-order valence-electron chi connectivity index (χ0n) is 16.1. The summed E-state index contributed by atoms with van der Waals surface area (Å²) in [7, 11) is 0. The summed E-state index contributed by atoms with van der Waals surface area (Å²) >= 11 is 0. The van der Waals surface area contributed by atoms with Crippen LogP contribution in [-0.4, -0.2) is 38.5 Å². The third kappa shape index (κ3) is 5.80. The Morgan fingerprint density at radius 2 is 2.00 bits per heavy atom. The number of ether oxygens (including phenoxy) is 2. The number of hydrogen-bond acceptors (Lipinski definition) is 6.